The van der Waals surface area contributed by atoms with Gasteiger partial charge in [0, 0.05) is 33.6 Å². The summed E-state index contributed by atoms with van der Waals surface area (Å²) in [5.74, 6) is 0. The van der Waals surface area contributed by atoms with Gasteiger partial charge in [0.15, 0.2) is 0 Å². The minimum Gasteiger partial charge on any atom is -0.309 e. The minimum atomic E-state index is -0.175. The van der Waals surface area contributed by atoms with E-state index in [0.29, 0.717) is 0 Å². The largest absolute Gasteiger partial charge is 0.309 e. The quantitative estimate of drug-likeness (QED) is 0.271. The molecule has 2 heteroatoms. The van der Waals surface area contributed by atoms with Gasteiger partial charge in [0.1, 0.15) is 0 Å². The fourth-order valence-corrected chi connectivity index (χ4v) is 5.12. The first-order valence-electron chi connectivity index (χ1n) is 11.7. The Kier molecular flexibility index (Phi) is 4.81. The number of benzene rings is 4. The Hall–Kier alpha value is -4.17. The van der Waals surface area contributed by atoms with Gasteiger partial charge < -0.3 is 4.57 Å². The monoisotopic (exact) mass is 438 g/mol. The number of fused-ring (bicyclic) bond motifs is 3. The van der Waals surface area contributed by atoms with Crippen molar-refractivity contribution in [3.8, 4) is 16.9 Å². The van der Waals surface area contributed by atoms with Gasteiger partial charge in [-0.3, -0.25) is 4.98 Å². The number of aromatic nitrogens is 2. The highest BCUT2D eigenvalue weighted by molar-refractivity contribution is 6.10. The van der Waals surface area contributed by atoms with Crippen molar-refractivity contribution in [3.63, 3.8) is 0 Å². The number of hydrogen-bond donors (Lipinski definition) is 0. The van der Waals surface area contributed by atoms with Crippen LogP contribution in [0.25, 0.3) is 38.8 Å². The van der Waals surface area contributed by atoms with Gasteiger partial charge in [-0.2, -0.15) is 0 Å². The molecule has 0 spiro atoms. The van der Waals surface area contributed by atoms with Gasteiger partial charge in [-0.1, -0.05) is 98.8 Å². The molecular formula is C32H26N2. The Bertz CT molecular complexity index is 1610. The van der Waals surface area contributed by atoms with Crippen LogP contribution in [-0.2, 0) is 5.41 Å². The molecule has 0 aliphatic rings. The Balaban J connectivity index is 1.61. The summed E-state index contributed by atoms with van der Waals surface area (Å²) in [5, 5.41) is 2.52. The Morgan fingerprint density at radius 1 is 0.618 bits per heavy atom. The summed E-state index contributed by atoms with van der Waals surface area (Å²) in [6, 6.07) is 41.0. The van der Waals surface area contributed by atoms with Crippen LogP contribution in [0.5, 0.6) is 0 Å². The van der Waals surface area contributed by atoms with E-state index in [2.05, 4.69) is 128 Å². The van der Waals surface area contributed by atoms with E-state index in [9.17, 15) is 0 Å². The lowest BCUT2D eigenvalue weighted by atomic mass is 9.76. The zero-order valence-corrected chi connectivity index (χ0v) is 19.4. The molecule has 2 aromatic heterocycles. The van der Waals surface area contributed by atoms with Crippen molar-refractivity contribution in [1.82, 2.24) is 9.55 Å². The third kappa shape index (κ3) is 3.22. The van der Waals surface area contributed by atoms with Crippen LogP contribution < -0.4 is 0 Å². The van der Waals surface area contributed by atoms with Crippen molar-refractivity contribution < 1.29 is 0 Å². The predicted octanol–water partition coefficient (Wildman–Crippen LogP) is 8.17. The zero-order valence-electron chi connectivity index (χ0n) is 19.4. The van der Waals surface area contributed by atoms with Gasteiger partial charge in [0.25, 0.3) is 0 Å². The molecule has 0 atom stereocenters. The molecule has 0 saturated heterocycles. The molecule has 0 N–H and O–H groups in total. The van der Waals surface area contributed by atoms with Crippen molar-refractivity contribution >= 4 is 21.8 Å². The van der Waals surface area contributed by atoms with Crippen LogP contribution in [0, 0.1) is 0 Å². The molecule has 0 fully saturated rings. The van der Waals surface area contributed by atoms with Crippen LogP contribution in [0.15, 0.2) is 121 Å². The van der Waals surface area contributed by atoms with Crippen LogP contribution in [0.3, 0.4) is 0 Å². The number of para-hydroxylation sites is 2. The maximum Gasteiger partial charge on any atom is 0.0743 e. The van der Waals surface area contributed by atoms with E-state index in [1.807, 2.05) is 12.3 Å². The molecular weight excluding hydrogens is 412 g/mol. The number of hydrogen-bond acceptors (Lipinski definition) is 1. The van der Waals surface area contributed by atoms with E-state index in [1.54, 1.807) is 0 Å². The molecule has 4 aromatic carbocycles. The molecule has 0 unspecified atom stereocenters. The first kappa shape index (κ1) is 20.4. The average molecular weight is 439 g/mol. The van der Waals surface area contributed by atoms with Crippen LogP contribution in [0.4, 0.5) is 0 Å². The van der Waals surface area contributed by atoms with Crippen LogP contribution in [0.2, 0.25) is 0 Å². The molecule has 2 nitrogen and oxygen atoms in total. The second-order valence-corrected chi connectivity index (χ2v) is 9.31. The first-order chi connectivity index (χ1) is 16.6. The third-order valence-corrected chi connectivity index (χ3v) is 6.94. The van der Waals surface area contributed by atoms with Crippen molar-refractivity contribution in [2.45, 2.75) is 19.3 Å². The molecule has 0 aliphatic heterocycles. The molecule has 6 aromatic rings. The second kappa shape index (κ2) is 8.00. The topological polar surface area (TPSA) is 17.8 Å². The molecule has 34 heavy (non-hydrogen) atoms. The smallest absolute Gasteiger partial charge is 0.0743 e. The van der Waals surface area contributed by atoms with Gasteiger partial charge >= 0.3 is 0 Å². The average Bonchev–Trinajstić information content (AvgIpc) is 3.23. The van der Waals surface area contributed by atoms with Gasteiger partial charge in [0.2, 0.25) is 0 Å². The molecule has 0 bridgehead atoms. The fraction of sp³-hybridized carbons (Fsp3) is 0.0938. The lowest BCUT2D eigenvalue weighted by Gasteiger charge is -2.28. The SMILES string of the molecule is CC(C)(c1ccccc1)c1cccnc1-c1ccc2c3ccccc3n(-c3ccccc3)c2c1. The van der Waals surface area contributed by atoms with Crippen molar-refractivity contribution in [3.05, 3.63) is 133 Å². The Labute approximate surface area is 200 Å². The van der Waals surface area contributed by atoms with E-state index in [1.165, 1.54) is 32.9 Å². The zero-order chi connectivity index (χ0) is 23.1. The van der Waals surface area contributed by atoms with Crippen molar-refractivity contribution in [1.29, 1.82) is 0 Å². The lowest BCUT2D eigenvalue weighted by Crippen LogP contribution is -2.20. The molecule has 0 saturated carbocycles. The van der Waals surface area contributed by atoms with Crippen molar-refractivity contribution in [2.24, 2.45) is 0 Å². The number of nitrogens with zero attached hydrogens (tertiary/aromatic N) is 2. The standard InChI is InChI=1S/C32H26N2/c1-32(2,24-12-5-3-6-13-24)28-17-11-21-33-31(28)23-19-20-27-26-16-9-10-18-29(26)34(30(27)22-23)25-14-7-4-8-15-25/h3-22H,1-2H3. The molecule has 0 radical (unpaired) electrons. The molecule has 164 valence electrons. The summed E-state index contributed by atoms with van der Waals surface area (Å²) in [7, 11) is 0. The van der Waals surface area contributed by atoms with Gasteiger partial charge in [-0.05, 0) is 41.5 Å². The summed E-state index contributed by atoms with van der Waals surface area (Å²) in [6.07, 6.45) is 1.90. The summed E-state index contributed by atoms with van der Waals surface area (Å²) in [5.41, 5.74) is 8.07. The van der Waals surface area contributed by atoms with Gasteiger partial charge in [-0.25, -0.2) is 0 Å². The molecule has 0 aliphatic carbocycles. The summed E-state index contributed by atoms with van der Waals surface area (Å²) in [4.78, 5) is 4.89. The van der Waals surface area contributed by atoms with E-state index >= 15 is 0 Å². The van der Waals surface area contributed by atoms with Crippen LogP contribution in [-0.4, -0.2) is 9.55 Å². The summed E-state index contributed by atoms with van der Waals surface area (Å²) >= 11 is 0. The third-order valence-electron chi connectivity index (χ3n) is 6.94. The highest BCUT2D eigenvalue weighted by atomic mass is 15.0. The maximum atomic E-state index is 4.89. The van der Waals surface area contributed by atoms with Crippen LogP contribution >= 0.6 is 0 Å². The van der Waals surface area contributed by atoms with Gasteiger partial charge in [0.05, 0.1) is 16.7 Å². The number of rotatable bonds is 4. The lowest BCUT2D eigenvalue weighted by molar-refractivity contribution is 0.640. The van der Waals surface area contributed by atoms with E-state index in [-0.39, 0.29) is 5.41 Å². The number of pyridine rings is 1. The van der Waals surface area contributed by atoms with E-state index < -0.39 is 0 Å². The van der Waals surface area contributed by atoms with Gasteiger partial charge in [-0.15, -0.1) is 0 Å². The maximum absolute atomic E-state index is 4.89. The van der Waals surface area contributed by atoms with Crippen LogP contribution in [0.1, 0.15) is 25.0 Å². The van der Waals surface area contributed by atoms with Crippen molar-refractivity contribution in [2.75, 3.05) is 0 Å². The molecule has 6 rings (SSSR count). The Morgan fingerprint density at radius 2 is 1.29 bits per heavy atom. The summed E-state index contributed by atoms with van der Waals surface area (Å²) < 4.78 is 2.36. The summed E-state index contributed by atoms with van der Waals surface area (Å²) in [6.45, 7) is 4.56. The molecule has 0 amide bonds. The van der Waals surface area contributed by atoms with E-state index in [0.717, 1.165) is 16.9 Å². The molecule has 2 heterocycles. The Morgan fingerprint density at radius 3 is 2.09 bits per heavy atom. The van der Waals surface area contributed by atoms with E-state index in [4.69, 9.17) is 4.98 Å². The highest BCUT2D eigenvalue weighted by Crippen LogP contribution is 2.39. The minimum absolute atomic E-state index is 0.175. The first-order valence-corrected chi connectivity index (χ1v) is 11.7. The normalized spacial score (nSPS) is 11.8. The highest BCUT2D eigenvalue weighted by Gasteiger charge is 2.27. The second-order valence-electron chi connectivity index (χ2n) is 9.31. The fourth-order valence-electron chi connectivity index (χ4n) is 5.12. The predicted molar refractivity (Wildman–Crippen MR) is 143 cm³/mol.